The standard InChI is InChI=1S/C8H15N/c1-7-5-6-9(4)8(7,2)3/h5-7H,1-4H3. The molecule has 9 heavy (non-hydrogen) atoms. The van der Waals surface area contributed by atoms with Crippen LogP contribution in [0.4, 0.5) is 0 Å². The van der Waals surface area contributed by atoms with E-state index in [1.54, 1.807) is 0 Å². The van der Waals surface area contributed by atoms with Crippen molar-refractivity contribution in [3.63, 3.8) is 0 Å². The summed E-state index contributed by atoms with van der Waals surface area (Å²) in [4.78, 5) is 2.26. The minimum Gasteiger partial charge on any atom is -0.375 e. The van der Waals surface area contributed by atoms with Gasteiger partial charge in [0.25, 0.3) is 0 Å². The Hall–Kier alpha value is -0.460. The Kier molecular flexibility index (Phi) is 1.30. The Balaban J connectivity index is 2.76. The first-order valence-corrected chi connectivity index (χ1v) is 3.46. The number of nitrogens with zero attached hydrogens (tertiary/aromatic N) is 1. The smallest absolute Gasteiger partial charge is 0.0397 e. The highest BCUT2D eigenvalue weighted by Gasteiger charge is 2.30. The van der Waals surface area contributed by atoms with Crippen molar-refractivity contribution in [2.75, 3.05) is 7.05 Å². The maximum absolute atomic E-state index is 2.26. The second kappa shape index (κ2) is 1.76. The third-order valence-corrected chi connectivity index (χ3v) is 2.62. The van der Waals surface area contributed by atoms with E-state index in [0.717, 1.165) is 0 Å². The quantitative estimate of drug-likeness (QED) is 0.477. The molecule has 0 N–H and O–H groups in total. The number of rotatable bonds is 0. The average Bonchev–Trinajstić information content (AvgIpc) is 1.96. The lowest BCUT2D eigenvalue weighted by atomic mass is 9.91. The SMILES string of the molecule is CC1C=CN(C)C1(C)C. The number of hydrogen-bond donors (Lipinski definition) is 0. The molecule has 0 spiro atoms. The molecule has 1 atom stereocenters. The van der Waals surface area contributed by atoms with Crippen LogP contribution in [0.3, 0.4) is 0 Å². The van der Waals surface area contributed by atoms with Crippen LogP contribution in [0.15, 0.2) is 12.3 Å². The minimum absolute atomic E-state index is 0.333. The average molecular weight is 125 g/mol. The van der Waals surface area contributed by atoms with Crippen molar-refractivity contribution in [2.24, 2.45) is 5.92 Å². The van der Waals surface area contributed by atoms with Gasteiger partial charge in [-0.3, -0.25) is 0 Å². The molecule has 1 aliphatic heterocycles. The highest BCUT2D eigenvalue weighted by Crippen LogP contribution is 2.29. The molecule has 0 aliphatic carbocycles. The van der Waals surface area contributed by atoms with Crippen molar-refractivity contribution < 1.29 is 0 Å². The van der Waals surface area contributed by atoms with Crippen LogP contribution in [0.2, 0.25) is 0 Å². The Labute approximate surface area is 57.4 Å². The maximum Gasteiger partial charge on any atom is 0.0397 e. The van der Waals surface area contributed by atoms with E-state index >= 15 is 0 Å². The van der Waals surface area contributed by atoms with Gasteiger partial charge < -0.3 is 4.90 Å². The molecule has 0 saturated heterocycles. The van der Waals surface area contributed by atoms with Crippen LogP contribution in [0.1, 0.15) is 20.8 Å². The molecule has 1 unspecified atom stereocenters. The molecule has 0 amide bonds. The van der Waals surface area contributed by atoms with E-state index < -0.39 is 0 Å². The largest absolute Gasteiger partial charge is 0.375 e. The molecule has 0 aromatic carbocycles. The van der Waals surface area contributed by atoms with Crippen LogP contribution in [0, 0.1) is 5.92 Å². The van der Waals surface area contributed by atoms with Gasteiger partial charge in [0.15, 0.2) is 0 Å². The van der Waals surface area contributed by atoms with Crippen LogP contribution in [-0.2, 0) is 0 Å². The summed E-state index contributed by atoms with van der Waals surface area (Å²) in [5.74, 6) is 0.683. The van der Waals surface area contributed by atoms with Gasteiger partial charge in [-0.15, -0.1) is 0 Å². The zero-order valence-electron chi connectivity index (χ0n) is 6.68. The fourth-order valence-corrected chi connectivity index (χ4v) is 1.01. The molecule has 0 bridgehead atoms. The van der Waals surface area contributed by atoms with Crippen LogP contribution in [0.25, 0.3) is 0 Å². The predicted molar refractivity (Wildman–Crippen MR) is 40.1 cm³/mol. The molecule has 0 aromatic rings. The molecule has 1 nitrogen and oxygen atoms in total. The van der Waals surface area contributed by atoms with E-state index in [-0.39, 0.29) is 0 Å². The molecule has 0 saturated carbocycles. The third-order valence-electron chi connectivity index (χ3n) is 2.62. The highest BCUT2D eigenvalue weighted by atomic mass is 15.2. The summed E-state index contributed by atoms with van der Waals surface area (Å²) in [7, 11) is 2.12. The normalized spacial score (nSPS) is 31.6. The van der Waals surface area contributed by atoms with Gasteiger partial charge in [-0.05, 0) is 26.0 Å². The first-order valence-electron chi connectivity index (χ1n) is 3.46. The van der Waals surface area contributed by atoms with Crippen molar-refractivity contribution in [2.45, 2.75) is 26.3 Å². The molecule has 0 radical (unpaired) electrons. The molecule has 1 heteroatoms. The topological polar surface area (TPSA) is 3.24 Å². The first kappa shape index (κ1) is 6.66. The lowest BCUT2D eigenvalue weighted by Gasteiger charge is -2.33. The van der Waals surface area contributed by atoms with E-state index in [1.807, 2.05) is 0 Å². The second-order valence-electron chi connectivity index (χ2n) is 3.39. The Bertz CT molecular complexity index is 122. The van der Waals surface area contributed by atoms with Crippen LogP contribution < -0.4 is 0 Å². The zero-order valence-corrected chi connectivity index (χ0v) is 6.68. The molecule has 1 rings (SSSR count). The van der Waals surface area contributed by atoms with Gasteiger partial charge in [0.1, 0.15) is 0 Å². The van der Waals surface area contributed by atoms with E-state index in [0.29, 0.717) is 11.5 Å². The molecular weight excluding hydrogens is 110 g/mol. The lowest BCUT2D eigenvalue weighted by molar-refractivity contribution is 0.203. The van der Waals surface area contributed by atoms with Gasteiger partial charge >= 0.3 is 0 Å². The Morgan fingerprint density at radius 1 is 1.44 bits per heavy atom. The maximum atomic E-state index is 2.26. The van der Waals surface area contributed by atoms with Gasteiger partial charge in [-0.2, -0.15) is 0 Å². The van der Waals surface area contributed by atoms with Crippen molar-refractivity contribution >= 4 is 0 Å². The summed E-state index contributed by atoms with van der Waals surface area (Å²) in [6.07, 6.45) is 4.41. The van der Waals surface area contributed by atoms with Gasteiger partial charge in [0.05, 0.1) is 0 Å². The van der Waals surface area contributed by atoms with Crippen molar-refractivity contribution in [1.29, 1.82) is 0 Å². The molecule has 0 fully saturated rings. The van der Waals surface area contributed by atoms with E-state index in [1.165, 1.54) is 0 Å². The van der Waals surface area contributed by atoms with Gasteiger partial charge in [0.2, 0.25) is 0 Å². The Morgan fingerprint density at radius 2 is 2.00 bits per heavy atom. The molecule has 0 aromatic heterocycles. The van der Waals surface area contributed by atoms with E-state index in [4.69, 9.17) is 0 Å². The fourth-order valence-electron chi connectivity index (χ4n) is 1.01. The lowest BCUT2D eigenvalue weighted by Crippen LogP contribution is -2.38. The molecule has 1 aliphatic rings. The predicted octanol–water partition coefficient (Wildman–Crippen LogP) is 1.86. The van der Waals surface area contributed by atoms with Crippen molar-refractivity contribution in [3.8, 4) is 0 Å². The summed E-state index contributed by atoms with van der Waals surface area (Å²) in [6.45, 7) is 6.77. The van der Waals surface area contributed by atoms with Crippen LogP contribution >= 0.6 is 0 Å². The van der Waals surface area contributed by atoms with Crippen LogP contribution in [0.5, 0.6) is 0 Å². The summed E-state index contributed by atoms with van der Waals surface area (Å²) in [5, 5.41) is 0. The summed E-state index contributed by atoms with van der Waals surface area (Å²) in [5.41, 5.74) is 0.333. The van der Waals surface area contributed by atoms with Crippen molar-refractivity contribution in [3.05, 3.63) is 12.3 Å². The summed E-state index contributed by atoms with van der Waals surface area (Å²) < 4.78 is 0. The highest BCUT2D eigenvalue weighted by molar-refractivity contribution is 5.07. The number of hydrogen-bond acceptors (Lipinski definition) is 1. The summed E-state index contributed by atoms with van der Waals surface area (Å²) in [6, 6.07) is 0. The third kappa shape index (κ3) is 0.846. The first-order chi connectivity index (χ1) is 4.05. The van der Waals surface area contributed by atoms with E-state index in [9.17, 15) is 0 Å². The summed E-state index contributed by atoms with van der Waals surface area (Å²) >= 11 is 0. The minimum atomic E-state index is 0.333. The molecular formula is C8H15N. The van der Waals surface area contributed by atoms with Gasteiger partial charge in [-0.25, -0.2) is 0 Å². The van der Waals surface area contributed by atoms with Gasteiger partial charge in [0, 0.05) is 12.6 Å². The fraction of sp³-hybridized carbons (Fsp3) is 0.750. The second-order valence-corrected chi connectivity index (χ2v) is 3.39. The molecule has 1 heterocycles. The monoisotopic (exact) mass is 125 g/mol. The molecule has 52 valence electrons. The van der Waals surface area contributed by atoms with Crippen LogP contribution in [-0.4, -0.2) is 17.5 Å². The Morgan fingerprint density at radius 3 is 2.11 bits per heavy atom. The van der Waals surface area contributed by atoms with E-state index in [2.05, 4.69) is 45.0 Å². The van der Waals surface area contributed by atoms with Crippen molar-refractivity contribution in [1.82, 2.24) is 4.90 Å². The zero-order chi connectivity index (χ0) is 7.07. The van der Waals surface area contributed by atoms with Gasteiger partial charge in [-0.1, -0.05) is 13.0 Å².